The zero-order valence-corrected chi connectivity index (χ0v) is 13.9. The first-order chi connectivity index (χ1) is 12.0. The number of nitrogens with zero attached hydrogens (tertiary/aromatic N) is 1. The number of benzene rings is 2. The van der Waals surface area contributed by atoms with Crippen molar-refractivity contribution < 1.29 is 14.0 Å². The van der Waals surface area contributed by atoms with Gasteiger partial charge >= 0.3 is 0 Å². The van der Waals surface area contributed by atoms with Gasteiger partial charge in [0.05, 0.1) is 12.6 Å². The van der Waals surface area contributed by atoms with Crippen LogP contribution in [0, 0.1) is 18.2 Å². The fourth-order valence-electron chi connectivity index (χ4n) is 2.54. The van der Waals surface area contributed by atoms with E-state index < -0.39 is 11.9 Å². The summed E-state index contributed by atoms with van der Waals surface area (Å²) in [4.78, 5) is 25.7. The predicted octanol–water partition coefficient (Wildman–Crippen LogP) is 2.51. The molecule has 1 atom stereocenters. The number of rotatable bonds is 6. The zero-order valence-electron chi connectivity index (χ0n) is 13.9. The van der Waals surface area contributed by atoms with E-state index in [1.807, 2.05) is 30.3 Å². The van der Waals surface area contributed by atoms with E-state index in [-0.39, 0.29) is 24.7 Å². The molecule has 0 bridgehead atoms. The molecule has 2 aromatic rings. The molecular formula is C20H19FN2O2. The minimum Gasteiger partial charge on any atom is -0.345 e. The Labute approximate surface area is 146 Å². The highest BCUT2D eigenvalue weighted by Gasteiger charge is 2.24. The summed E-state index contributed by atoms with van der Waals surface area (Å²) in [6, 6.07) is 14.9. The average Bonchev–Trinajstić information content (AvgIpc) is 2.62. The van der Waals surface area contributed by atoms with Crippen LogP contribution in [0.2, 0.25) is 0 Å². The Morgan fingerprint density at radius 3 is 2.32 bits per heavy atom. The lowest BCUT2D eigenvalue weighted by Gasteiger charge is -2.29. The molecular weight excluding hydrogens is 319 g/mol. The van der Waals surface area contributed by atoms with Gasteiger partial charge in [-0.05, 0) is 23.3 Å². The van der Waals surface area contributed by atoms with Crippen LogP contribution in [0.4, 0.5) is 4.39 Å². The molecule has 0 saturated heterocycles. The lowest BCUT2D eigenvalue weighted by atomic mass is 9.97. The molecule has 0 saturated carbocycles. The van der Waals surface area contributed by atoms with Gasteiger partial charge in [-0.2, -0.15) is 0 Å². The summed E-state index contributed by atoms with van der Waals surface area (Å²) in [6.07, 6.45) is 4.79. The Kier molecular flexibility index (Phi) is 6.30. The van der Waals surface area contributed by atoms with Gasteiger partial charge in [-0.15, -0.1) is 6.42 Å². The maximum absolute atomic E-state index is 13.3. The molecule has 0 heterocycles. The second kappa shape index (κ2) is 8.65. The van der Waals surface area contributed by atoms with Crippen molar-refractivity contribution in [1.82, 2.24) is 10.2 Å². The Morgan fingerprint density at radius 1 is 1.12 bits per heavy atom. The molecule has 1 N–H and O–H groups in total. The summed E-state index contributed by atoms with van der Waals surface area (Å²) in [6.45, 7) is 0.0793. The van der Waals surface area contributed by atoms with E-state index in [0.29, 0.717) is 0 Å². The highest BCUT2D eigenvalue weighted by atomic mass is 19.1. The molecule has 0 aliphatic carbocycles. The fraction of sp³-hybridized carbons (Fsp3) is 0.200. The third-order valence-electron chi connectivity index (χ3n) is 3.78. The molecule has 0 aromatic heterocycles. The van der Waals surface area contributed by atoms with Crippen LogP contribution in [0.25, 0.3) is 0 Å². The van der Waals surface area contributed by atoms with Crippen molar-refractivity contribution in [2.45, 2.75) is 12.5 Å². The molecule has 2 amide bonds. The molecule has 0 radical (unpaired) electrons. The molecule has 25 heavy (non-hydrogen) atoms. The summed E-state index contributed by atoms with van der Waals surface area (Å²) in [7, 11) is 1.62. The van der Waals surface area contributed by atoms with Gasteiger partial charge in [-0.1, -0.05) is 48.4 Å². The van der Waals surface area contributed by atoms with Crippen LogP contribution in [0.1, 0.15) is 23.6 Å². The average molecular weight is 338 g/mol. The van der Waals surface area contributed by atoms with Crippen LogP contribution in [-0.4, -0.2) is 30.3 Å². The van der Waals surface area contributed by atoms with Crippen molar-refractivity contribution in [2.75, 3.05) is 13.6 Å². The molecule has 0 unspecified atom stereocenters. The van der Waals surface area contributed by atoms with Gasteiger partial charge in [-0.25, -0.2) is 4.39 Å². The number of halogens is 1. The Hall–Kier alpha value is -3.13. The second-order valence-corrected chi connectivity index (χ2v) is 5.53. The lowest BCUT2D eigenvalue weighted by Crippen LogP contribution is -2.36. The number of hydrogen-bond donors (Lipinski definition) is 1. The van der Waals surface area contributed by atoms with Crippen molar-refractivity contribution in [3.05, 3.63) is 71.5 Å². The Balaban J connectivity index is 2.26. The molecule has 0 aliphatic heterocycles. The van der Waals surface area contributed by atoms with Gasteiger partial charge < -0.3 is 10.2 Å². The van der Waals surface area contributed by atoms with E-state index in [1.54, 1.807) is 19.2 Å². The molecule has 128 valence electrons. The topological polar surface area (TPSA) is 49.4 Å². The normalized spacial score (nSPS) is 11.2. The third-order valence-corrected chi connectivity index (χ3v) is 3.78. The number of hydrogen-bond acceptors (Lipinski definition) is 2. The smallest absolute Gasteiger partial charge is 0.232 e. The fourth-order valence-corrected chi connectivity index (χ4v) is 2.54. The van der Waals surface area contributed by atoms with E-state index in [2.05, 4.69) is 11.2 Å². The van der Waals surface area contributed by atoms with Crippen molar-refractivity contribution >= 4 is 11.8 Å². The highest BCUT2D eigenvalue weighted by molar-refractivity contribution is 5.97. The standard InChI is InChI=1S/C20H19FN2O2/c1-3-13-22-18(24)14-19(25)23(2)20(15-7-5-4-6-8-15)16-9-11-17(21)12-10-16/h1,4-12,20H,13-14H2,2H3,(H,22,24)/t20-/m1/s1. The molecule has 2 rings (SSSR count). The minimum absolute atomic E-state index is 0.0793. The van der Waals surface area contributed by atoms with Crippen molar-refractivity contribution in [3.63, 3.8) is 0 Å². The minimum atomic E-state index is -0.430. The first kappa shape index (κ1) is 18.2. The predicted molar refractivity (Wildman–Crippen MR) is 93.9 cm³/mol. The summed E-state index contributed by atoms with van der Waals surface area (Å²) >= 11 is 0. The molecule has 0 fully saturated rings. The summed E-state index contributed by atoms with van der Waals surface area (Å²) in [5.74, 6) is 1.16. The van der Waals surface area contributed by atoms with E-state index in [1.165, 1.54) is 17.0 Å². The lowest BCUT2D eigenvalue weighted by molar-refractivity contribution is -0.136. The zero-order chi connectivity index (χ0) is 18.2. The van der Waals surface area contributed by atoms with Crippen molar-refractivity contribution in [2.24, 2.45) is 0 Å². The number of terminal acetylenes is 1. The van der Waals surface area contributed by atoms with Gasteiger partial charge in [-0.3, -0.25) is 9.59 Å². The first-order valence-corrected chi connectivity index (χ1v) is 7.79. The third kappa shape index (κ3) is 4.92. The van der Waals surface area contributed by atoms with Gasteiger partial charge in [0, 0.05) is 7.05 Å². The SMILES string of the molecule is C#CCNC(=O)CC(=O)N(C)[C@H](c1ccccc1)c1ccc(F)cc1. The van der Waals surface area contributed by atoms with Crippen LogP contribution in [0.15, 0.2) is 54.6 Å². The number of carbonyl (C=O) groups excluding carboxylic acids is 2. The van der Waals surface area contributed by atoms with Crippen molar-refractivity contribution in [1.29, 1.82) is 0 Å². The van der Waals surface area contributed by atoms with Crippen LogP contribution in [-0.2, 0) is 9.59 Å². The maximum Gasteiger partial charge on any atom is 0.232 e. The number of amides is 2. The second-order valence-electron chi connectivity index (χ2n) is 5.53. The summed E-state index contributed by atoms with van der Waals surface area (Å²) in [5.41, 5.74) is 1.63. The Morgan fingerprint density at radius 2 is 1.72 bits per heavy atom. The number of nitrogens with one attached hydrogen (secondary N) is 1. The summed E-state index contributed by atoms with van der Waals surface area (Å²) < 4.78 is 13.3. The quantitative estimate of drug-likeness (QED) is 0.650. The van der Waals surface area contributed by atoms with E-state index in [4.69, 9.17) is 6.42 Å². The van der Waals surface area contributed by atoms with Gasteiger partial charge in [0.2, 0.25) is 11.8 Å². The van der Waals surface area contributed by atoms with Crippen LogP contribution in [0.5, 0.6) is 0 Å². The van der Waals surface area contributed by atoms with Crippen LogP contribution < -0.4 is 5.32 Å². The van der Waals surface area contributed by atoms with Crippen molar-refractivity contribution in [3.8, 4) is 12.3 Å². The van der Waals surface area contributed by atoms with Crippen LogP contribution >= 0.6 is 0 Å². The summed E-state index contributed by atoms with van der Waals surface area (Å²) in [5, 5.41) is 2.47. The van der Waals surface area contributed by atoms with Gasteiger partial charge in [0.25, 0.3) is 0 Å². The first-order valence-electron chi connectivity index (χ1n) is 7.79. The Bertz CT molecular complexity index is 767. The van der Waals surface area contributed by atoms with E-state index in [9.17, 15) is 14.0 Å². The molecule has 5 heteroatoms. The monoisotopic (exact) mass is 338 g/mol. The van der Waals surface area contributed by atoms with E-state index >= 15 is 0 Å². The molecule has 4 nitrogen and oxygen atoms in total. The van der Waals surface area contributed by atoms with Crippen LogP contribution in [0.3, 0.4) is 0 Å². The maximum atomic E-state index is 13.3. The van der Waals surface area contributed by atoms with Gasteiger partial charge in [0.15, 0.2) is 0 Å². The molecule has 0 aliphatic rings. The molecule has 0 spiro atoms. The largest absolute Gasteiger partial charge is 0.345 e. The highest BCUT2D eigenvalue weighted by Crippen LogP contribution is 2.28. The number of carbonyl (C=O) groups is 2. The molecule has 2 aromatic carbocycles. The van der Waals surface area contributed by atoms with E-state index in [0.717, 1.165) is 11.1 Å². The van der Waals surface area contributed by atoms with Gasteiger partial charge in [0.1, 0.15) is 12.2 Å².